The molecule has 0 bridgehead atoms. The molecule has 0 amide bonds. The molecule has 0 aliphatic carbocycles. The maximum absolute atomic E-state index is 14.0. The second-order valence-electron chi connectivity index (χ2n) is 7.21. The molecular weight excluding hydrogens is 509 g/mol. The summed E-state index contributed by atoms with van der Waals surface area (Å²) < 4.78 is 94.4. The van der Waals surface area contributed by atoms with Gasteiger partial charge in [0.05, 0.1) is 5.69 Å². The summed E-state index contributed by atoms with van der Waals surface area (Å²) in [4.78, 5) is 4.49. The zero-order chi connectivity index (χ0) is 23.9. The van der Waals surface area contributed by atoms with Gasteiger partial charge in [0.1, 0.15) is 0 Å². The second-order valence-corrected chi connectivity index (χ2v) is 10.4. The van der Waals surface area contributed by atoms with E-state index in [4.69, 9.17) is 11.6 Å². The molecule has 1 fully saturated rings. The van der Waals surface area contributed by atoms with E-state index < -0.39 is 44.0 Å². The fraction of sp³-hybridized carbons (Fsp3) is 0.250. The molecule has 5 nitrogen and oxygen atoms in total. The van der Waals surface area contributed by atoms with Crippen LogP contribution in [0.3, 0.4) is 0 Å². The van der Waals surface area contributed by atoms with E-state index in [1.807, 2.05) is 17.5 Å². The first-order valence-electron chi connectivity index (χ1n) is 9.55. The predicted octanol–water partition coefficient (Wildman–Crippen LogP) is 4.59. The van der Waals surface area contributed by atoms with Crippen molar-refractivity contribution in [3.05, 3.63) is 75.0 Å². The van der Waals surface area contributed by atoms with Crippen LogP contribution in [0.25, 0.3) is 0 Å². The number of thiazole rings is 1. The zero-order valence-electron chi connectivity index (χ0n) is 16.7. The van der Waals surface area contributed by atoms with Gasteiger partial charge in [0.15, 0.2) is 33.3 Å². The number of hydrogen-bond acceptors (Lipinski definition) is 5. The summed E-state index contributed by atoms with van der Waals surface area (Å²) in [6.45, 7) is -0.174. The van der Waals surface area contributed by atoms with Crippen molar-refractivity contribution in [1.29, 1.82) is 0 Å². The van der Waals surface area contributed by atoms with Crippen LogP contribution in [0, 0.1) is 29.1 Å². The highest BCUT2D eigenvalue weighted by Crippen LogP contribution is 2.30. The second kappa shape index (κ2) is 9.16. The van der Waals surface area contributed by atoms with E-state index in [-0.39, 0.29) is 26.2 Å². The summed E-state index contributed by atoms with van der Waals surface area (Å²) in [6, 6.07) is 7.30. The van der Waals surface area contributed by atoms with E-state index in [0.29, 0.717) is 20.9 Å². The van der Waals surface area contributed by atoms with Crippen LogP contribution >= 0.6 is 22.9 Å². The van der Waals surface area contributed by atoms with Gasteiger partial charge in [-0.15, -0.1) is 11.3 Å². The summed E-state index contributed by atoms with van der Waals surface area (Å²) >= 11 is 7.23. The number of anilines is 1. The number of nitrogens with zero attached hydrogens (tertiary/aromatic N) is 3. The fourth-order valence-electron chi connectivity index (χ4n) is 3.39. The lowest BCUT2D eigenvalue weighted by molar-refractivity contribution is 0.344. The third-order valence-electron chi connectivity index (χ3n) is 5.11. The van der Waals surface area contributed by atoms with Gasteiger partial charge < -0.3 is 4.90 Å². The highest BCUT2D eigenvalue weighted by molar-refractivity contribution is 7.89. The molecule has 1 aliphatic heterocycles. The van der Waals surface area contributed by atoms with Crippen molar-refractivity contribution >= 4 is 38.1 Å². The van der Waals surface area contributed by atoms with Gasteiger partial charge in [-0.3, -0.25) is 0 Å². The van der Waals surface area contributed by atoms with Gasteiger partial charge in [0.25, 0.3) is 0 Å². The smallest absolute Gasteiger partial charge is 0.249 e. The van der Waals surface area contributed by atoms with E-state index in [9.17, 15) is 30.4 Å². The molecule has 1 aliphatic rings. The number of rotatable bonds is 5. The van der Waals surface area contributed by atoms with Crippen molar-refractivity contribution in [1.82, 2.24) is 9.29 Å². The minimum absolute atomic E-state index is 0.128. The molecule has 2 heterocycles. The Morgan fingerprint density at radius 1 is 0.879 bits per heavy atom. The van der Waals surface area contributed by atoms with E-state index in [1.165, 1.54) is 11.3 Å². The SMILES string of the molecule is O=S(=O)(c1c(F)c(F)c(F)c(F)c1F)N1CCN(c2nc(Cc3ccc(Cl)cc3)cs2)CC1. The molecular formula is C20H15ClF5N3O2S2. The Labute approximate surface area is 195 Å². The van der Waals surface area contributed by atoms with Gasteiger partial charge >= 0.3 is 0 Å². The standard InChI is InChI=1S/C20H15ClF5N3O2S2/c21-12-3-1-11(2-4-12)9-13-10-32-20(27-13)28-5-7-29(8-6-28)33(30,31)19-17(25)15(23)14(22)16(24)18(19)26/h1-4,10H,5-9H2. The Kier molecular flexibility index (Phi) is 6.63. The zero-order valence-corrected chi connectivity index (χ0v) is 19.1. The van der Waals surface area contributed by atoms with Crippen LogP contribution in [0.1, 0.15) is 11.3 Å². The molecule has 3 aromatic rings. The van der Waals surface area contributed by atoms with Gasteiger partial charge in [0, 0.05) is 43.0 Å². The largest absolute Gasteiger partial charge is 0.345 e. The van der Waals surface area contributed by atoms with Crippen LogP contribution in [0.15, 0.2) is 34.5 Å². The molecule has 2 aromatic carbocycles. The number of sulfonamides is 1. The topological polar surface area (TPSA) is 53.5 Å². The molecule has 1 saturated heterocycles. The van der Waals surface area contributed by atoms with Crippen molar-refractivity contribution < 1.29 is 30.4 Å². The predicted molar refractivity (Wildman–Crippen MR) is 114 cm³/mol. The van der Waals surface area contributed by atoms with Crippen molar-refractivity contribution in [2.24, 2.45) is 0 Å². The Bertz CT molecular complexity index is 1260. The fourth-order valence-corrected chi connectivity index (χ4v) is 5.93. The Hall–Kier alpha value is -2.28. The summed E-state index contributed by atoms with van der Waals surface area (Å²) in [5, 5.41) is 3.12. The third kappa shape index (κ3) is 4.57. The van der Waals surface area contributed by atoms with Crippen LogP contribution in [-0.4, -0.2) is 43.9 Å². The molecule has 0 unspecified atom stereocenters. The van der Waals surface area contributed by atoms with Gasteiger partial charge in [-0.25, -0.2) is 35.4 Å². The number of benzene rings is 2. The number of aromatic nitrogens is 1. The Morgan fingerprint density at radius 2 is 1.42 bits per heavy atom. The van der Waals surface area contributed by atoms with Crippen LogP contribution in [0.4, 0.5) is 27.1 Å². The third-order valence-corrected chi connectivity index (χ3v) is 8.24. The van der Waals surface area contributed by atoms with Crippen molar-refractivity contribution in [2.75, 3.05) is 31.1 Å². The van der Waals surface area contributed by atoms with Crippen molar-refractivity contribution in [3.63, 3.8) is 0 Å². The normalized spacial score (nSPS) is 15.3. The molecule has 0 N–H and O–H groups in total. The molecule has 1 aromatic heterocycles. The maximum atomic E-state index is 14.0. The van der Waals surface area contributed by atoms with Crippen molar-refractivity contribution in [2.45, 2.75) is 11.3 Å². The average Bonchev–Trinajstić information content (AvgIpc) is 3.26. The van der Waals surface area contributed by atoms with Crippen LogP contribution < -0.4 is 4.90 Å². The summed E-state index contributed by atoms with van der Waals surface area (Å²) in [6.07, 6.45) is 0.572. The first-order valence-corrected chi connectivity index (χ1v) is 12.2. The Morgan fingerprint density at radius 3 is 2.00 bits per heavy atom. The van der Waals surface area contributed by atoms with Gasteiger partial charge in [-0.2, -0.15) is 4.31 Å². The van der Waals surface area contributed by atoms with Crippen LogP contribution in [0.2, 0.25) is 5.02 Å². The number of hydrogen-bond donors (Lipinski definition) is 0. The molecule has 13 heteroatoms. The van der Waals surface area contributed by atoms with E-state index in [0.717, 1.165) is 11.3 Å². The molecule has 0 atom stereocenters. The molecule has 0 spiro atoms. The molecule has 4 rings (SSSR count). The minimum atomic E-state index is -4.95. The highest BCUT2D eigenvalue weighted by atomic mass is 35.5. The highest BCUT2D eigenvalue weighted by Gasteiger charge is 2.38. The average molecular weight is 524 g/mol. The molecule has 176 valence electrons. The monoisotopic (exact) mass is 523 g/mol. The molecule has 0 radical (unpaired) electrons. The minimum Gasteiger partial charge on any atom is -0.345 e. The molecule has 33 heavy (non-hydrogen) atoms. The quantitative estimate of drug-likeness (QED) is 0.279. The first kappa shape index (κ1) is 23.9. The van der Waals surface area contributed by atoms with Gasteiger partial charge in [-0.05, 0) is 17.7 Å². The summed E-state index contributed by atoms with van der Waals surface area (Å²) in [5.74, 6) is -11.8. The first-order chi connectivity index (χ1) is 15.6. The maximum Gasteiger partial charge on any atom is 0.249 e. The lowest BCUT2D eigenvalue weighted by Gasteiger charge is -2.33. The summed E-state index contributed by atoms with van der Waals surface area (Å²) in [5.41, 5.74) is 1.81. The van der Waals surface area contributed by atoms with E-state index in [2.05, 4.69) is 4.98 Å². The van der Waals surface area contributed by atoms with E-state index >= 15 is 0 Å². The van der Waals surface area contributed by atoms with Crippen molar-refractivity contribution in [3.8, 4) is 0 Å². The van der Waals surface area contributed by atoms with Gasteiger partial charge in [0.2, 0.25) is 15.8 Å². The lowest BCUT2D eigenvalue weighted by atomic mass is 10.1. The lowest BCUT2D eigenvalue weighted by Crippen LogP contribution is -2.49. The number of halogens is 6. The van der Waals surface area contributed by atoms with E-state index in [1.54, 1.807) is 17.0 Å². The van der Waals surface area contributed by atoms with Gasteiger partial charge in [-0.1, -0.05) is 23.7 Å². The van der Waals surface area contributed by atoms with Crippen LogP contribution in [0.5, 0.6) is 0 Å². The Balaban J connectivity index is 1.47. The van der Waals surface area contributed by atoms with Crippen LogP contribution in [-0.2, 0) is 16.4 Å². The number of piperazine rings is 1. The molecule has 0 saturated carbocycles. The summed E-state index contributed by atoms with van der Waals surface area (Å²) in [7, 11) is -4.95.